The average Bonchev–Trinajstić information content (AvgIpc) is 2.82. The maximum Gasteiger partial charge on any atom is 0.346 e. The number of fused-ring (bicyclic) bond motifs is 3. The Morgan fingerprint density at radius 2 is 2.12 bits per heavy atom. The summed E-state index contributed by atoms with van der Waals surface area (Å²) < 4.78 is 11.5. The molecule has 0 spiro atoms. The van der Waals surface area contributed by atoms with Crippen LogP contribution < -0.4 is 15.7 Å². The molecule has 1 fully saturated rings. The van der Waals surface area contributed by atoms with Crippen LogP contribution in [-0.2, 0) is 13.2 Å². The minimum atomic E-state index is -0.316. The number of rotatable bonds is 6. The molecule has 0 bridgehead atoms. The SMILES string of the molecule is Cc1cc2c(c(=O)o1)C=C1CC[C@H](C(C)CNCc3cc(CO)nc4ccccc34)C[C@@H]1O2. The third-order valence-electron chi connectivity index (χ3n) is 7.01. The lowest BCUT2D eigenvalue weighted by Crippen LogP contribution is -2.36. The zero-order valence-corrected chi connectivity index (χ0v) is 19.1. The maximum absolute atomic E-state index is 12.2. The molecular formula is C27H30N2O4. The Balaban J connectivity index is 1.22. The first kappa shape index (κ1) is 21.9. The van der Waals surface area contributed by atoms with Crippen molar-refractivity contribution in [1.82, 2.24) is 10.3 Å². The largest absolute Gasteiger partial charge is 0.485 e. The van der Waals surface area contributed by atoms with E-state index in [2.05, 4.69) is 23.3 Å². The Hall–Kier alpha value is -2.96. The van der Waals surface area contributed by atoms with Crippen molar-refractivity contribution < 1.29 is 14.3 Å². The third-order valence-corrected chi connectivity index (χ3v) is 7.01. The van der Waals surface area contributed by atoms with Crippen molar-refractivity contribution in [2.45, 2.75) is 52.4 Å². The molecule has 1 saturated carbocycles. The first-order valence-electron chi connectivity index (χ1n) is 11.7. The van der Waals surface area contributed by atoms with Crippen LogP contribution >= 0.6 is 0 Å². The van der Waals surface area contributed by atoms with Gasteiger partial charge in [0.15, 0.2) is 0 Å². The van der Waals surface area contributed by atoms with Crippen molar-refractivity contribution in [3.63, 3.8) is 0 Å². The molecule has 2 aliphatic rings. The first-order valence-corrected chi connectivity index (χ1v) is 11.7. The van der Waals surface area contributed by atoms with Crippen molar-refractivity contribution in [3.05, 3.63) is 75.0 Å². The van der Waals surface area contributed by atoms with Gasteiger partial charge < -0.3 is 19.6 Å². The number of hydrogen-bond acceptors (Lipinski definition) is 6. The highest BCUT2D eigenvalue weighted by Gasteiger charge is 2.33. The topological polar surface area (TPSA) is 84.6 Å². The van der Waals surface area contributed by atoms with Crippen LogP contribution in [0.1, 0.15) is 48.8 Å². The van der Waals surface area contributed by atoms with E-state index in [1.165, 1.54) is 5.57 Å². The van der Waals surface area contributed by atoms with E-state index in [0.717, 1.165) is 48.8 Å². The summed E-state index contributed by atoms with van der Waals surface area (Å²) >= 11 is 0. The van der Waals surface area contributed by atoms with E-state index in [0.29, 0.717) is 34.6 Å². The smallest absolute Gasteiger partial charge is 0.346 e. The van der Waals surface area contributed by atoms with Crippen molar-refractivity contribution in [2.24, 2.45) is 11.8 Å². The lowest BCUT2D eigenvalue weighted by Gasteiger charge is -2.37. The van der Waals surface area contributed by atoms with Gasteiger partial charge in [0.2, 0.25) is 0 Å². The molecule has 3 heterocycles. The summed E-state index contributed by atoms with van der Waals surface area (Å²) in [5.41, 5.74) is 4.21. The number of ether oxygens (including phenoxy) is 1. The number of aryl methyl sites for hydroxylation is 1. The fourth-order valence-electron chi connectivity index (χ4n) is 5.16. The van der Waals surface area contributed by atoms with Crippen LogP contribution in [0.15, 0.2) is 51.2 Å². The Bertz CT molecular complexity index is 1260. The first-order chi connectivity index (χ1) is 16.0. The quantitative estimate of drug-likeness (QED) is 0.585. The van der Waals surface area contributed by atoms with Crippen molar-refractivity contribution in [1.29, 1.82) is 0 Å². The summed E-state index contributed by atoms with van der Waals surface area (Å²) in [7, 11) is 0. The molecule has 0 amide bonds. The highest BCUT2D eigenvalue weighted by atomic mass is 16.5. The predicted octanol–water partition coefficient (Wildman–Crippen LogP) is 4.36. The number of aliphatic hydroxyl groups is 1. The Morgan fingerprint density at radius 3 is 2.97 bits per heavy atom. The number of aliphatic hydroxyl groups excluding tert-OH is 1. The molecule has 3 atom stereocenters. The molecule has 2 N–H and O–H groups in total. The Labute approximate surface area is 193 Å². The van der Waals surface area contributed by atoms with Gasteiger partial charge in [-0.15, -0.1) is 0 Å². The zero-order chi connectivity index (χ0) is 22.9. The summed E-state index contributed by atoms with van der Waals surface area (Å²) in [6.45, 7) is 5.66. The van der Waals surface area contributed by atoms with Gasteiger partial charge in [-0.25, -0.2) is 4.79 Å². The van der Waals surface area contributed by atoms with Crippen LogP contribution in [0.2, 0.25) is 0 Å². The van der Waals surface area contributed by atoms with Crippen LogP contribution in [0, 0.1) is 18.8 Å². The second kappa shape index (κ2) is 9.12. The van der Waals surface area contributed by atoms with Crippen molar-refractivity contribution in [3.8, 4) is 5.75 Å². The molecule has 5 rings (SSSR count). The van der Waals surface area contributed by atoms with E-state index in [1.54, 1.807) is 6.92 Å². The fourth-order valence-corrected chi connectivity index (χ4v) is 5.16. The second-order valence-corrected chi connectivity index (χ2v) is 9.34. The van der Waals surface area contributed by atoms with Gasteiger partial charge in [0.1, 0.15) is 23.2 Å². The van der Waals surface area contributed by atoms with E-state index in [-0.39, 0.29) is 18.3 Å². The van der Waals surface area contributed by atoms with E-state index in [9.17, 15) is 9.90 Å². The molecule has 1 unspecified atom stereocenters. The van der Waals surface area contributed by atoms with Gasteiger partial charge in [-0.1, -0.05) is 25.1 Å². The number of nitrogens with one attached hydrogen (secondary N) is 1. The molecule has 172 valence electrons. The third kappa shape index (κ3) is 4.45. The monoisotopic (exact) mass is 446 g/mol. The Kier molecular flexibility index (Phi) is 6.04. The van der Waals surface area contributed by atoms with Crippen LogP contribution in [0.25, 0.3) is 17.0 Å². The molecule has 1 aliphatic heterocycles. The van der Waals surface area contributed by atoms with Gasteiger partial charge in [0.25, 0.3) is 0 Å². The molecule has 6 nitrogen and oxygen atoms in total. The van der Waals surface area contributed by atoms with Gasteiger partial charge in [0, 0.05) is 18.0 Å². The average molecular weight is 447 g/mol. The standard InChI is InChI=1S/C27H30N2O4/c1-16(13-28-14-20-10-21(15-30)29-24-6-4-3-5-22(20)24)18-7-8-19-11-23-26(33-25(19)12-18)9-17(2)32-27(23)31/h3-6,9-11,16,18,25,28,30H,7-8,12-15H2,1-2H3/t16?,18-,25-/m0/s1. The van der Waals surface area contributed by atoms with Crippen molar-refractivity contribution in [2.75, 3.05) is 6.54 Å². The maximum atomic E-state index is 12.2. The van der Waals surface area contributed by atoms with E-state index in [4.69, 9.17) is 9.15 Å². The summed E-state index contributed by atoms with van der Waals surface area (Å²) in [6, 6.07) is 11.9. The number of benzene rings is 1. The van der Waals surface area contributed by atoms with E-state index < -0.39 is 0 Å². The Morgan fingerprint density at radius 1 is 1.27 bits per heavy atom. The van der Waals surface area contributed by atoms with Crippen LogP contribution in [-0.4, -0.2) is 22.7 Å². The number of nitrogens with zero attached hydrogens (tertiary/aromatic N) is 1. The highest BCUT2D eigenvalue weighted by Crippen LogP contribution is 2.40. The number of hydrogen-bond donors (Lipinski definition) is 2. The second-order valence-electron chi connectivity index (χ2n) is 9.34. The molecular weight excluding hydrogens is 416 g/mol. The fraction of sp³-hybridized carbons (Fsp3) is 0.407. The lowest BCUT2D eigenvalue weighted by atomic mass is 9.76. The van der Waals surface area contributed by atoms with Crippen LogP contribution in [0.3, 0.4) is 0 Å². The summed E-state index contributed by atoms with van der Waals surface area (Å²) in [5.74, 6) is 2.26. The summed E-state index contributed by atoms with van der Waals surface area (Å²) in [6.07, 6.45) is 5.02. The number of pyridine rings is 1. The molecule has 1 aromatic carbocycles. The lowest BCUT2D eigenvalue weighted by molar-refractivity contribution is 0.140. The molecule has 6 heteroatoms. The van der Waals surface area contributed by atoms with Gasteiger partial charge in [-0.05, 0) is 73.9 Å². The number of para-hydroxylation sites is 1. The minimum absolute atomic E-state index is 0.0381. The highest BCUT2D eigenvalue weighted by molar-refractivity contribution is 5.82. The van der Waals surface area contributed by atoms with Crippen molar-refractivity contribution >= 4 is 17.0 Å². The van der Waals surface area contributed by atoms with Gasteiger partial charge >= 0.3 is 5.63 Å². The number of aromatic nitrogens is 1. The molecule has 33 heavy (non-hydrogen) atoms. The van der Waals surface area contributed by atoms with Gasteiger partial charge in [-0.2, -0.15) is 0 Å². The van der Waals surface area contributed by atoms with E-state index in [1.807, 2.05) is 36.4 Å². The van der Waals surface area contributed by atoms with Gasteiger partial charge in [-0.3, -0.25) is 4.98 Å². The molecule has 2 aromatic heterocycles. The molecule has 1 aliphatic carbocycles. The molecule has 3 aromatic rings. The van der Waals surface area contributed by atoms with Crippen LogP contribution in [0.4, 0.5) is 0 Å². The normalized spacial score (nSPS) is 20.5. The summed E-state index contributed by atoms with van der Waals surface area (Å²) in [4.78, 5) is 16.7. The minimum Gasteiger partial charge on any atom is -0.485 e. The molecule has 0 saturated heterocycles. The molecule has 0 radical (unpaired) electrons. The summed E-state index contributed by atoms with van der Waals surface area (Å²) in [5, 5.41) is 14.3. The van der Waals surface area contributed by atoms with Gasteiger partial charge in [0.05, 0.1) is 17.8 Å². The van der Waals surface area contributed by atoms with E-state index >= 15 is 0 Å². The zero-order valence-electron chi connectivity index (χ0n) is 19.1. The predicted molar refractivity (Wildman–Crippen MR) is 128 cm³/mol. The van der Waals surface area contributed by atoms with Crippen LogP contribution in [0.5, 0.6) is 5.75 Å².